The number of phosphoric acid groups is 2. The number of hydrogen-bond acceptors (Lipinski definition) is 18. The van der Waals surface area contributed by atoms with Crippen molar-refractivity contribution in [3.8, 4) is 0 Å². The highest BCUT2D eigenvalue weighted by Gasteiger charge is 2.45. The number of nitrogen functional groups attached to an aromatic ring is 1. The Hall–Kier alpha value is -2.88. The number of aliphatic hydroxyl groups excluding tert-OH is 5. The number of unbranched alkanes of at least 4 members (excludes halogenated alkanes) is 12. The zero-order chi connectivity index (χ0) is 51.7. The minimum absolute atomic E-state index is 0.0120. The van der Waals surface area contributed by atoms with Crippen LogP contribution in [-0.4, -0.2) is 119 Å². The van der Waals surface area contributed by atoms with E-state index in [2.05, 4.69) is 23.1 Å². The zero-order valence-corrected chi connectivity index (χ0v) is 42.9. The summed E-state index contributed by atoms with van der Waals surface area (Å²) < 4.78 is 58.7. The summed E-state index contributed by atoms with van der Waals surface area (Å²) in [4.78, 5) is 64.1. The maximum Gasteiger partial charge on any atom is 0.481 e. The molecule has 21 nitrogen and oxygen atoms in total. The number of anilines is 1. The van der Waals surface area contributed by atoms with Crippen molar-refractivity contribution >= 4 is 33.4 Å². The molecule has 12 atom stereocenters. The van der Waals surface area contributed by atoms with Crippen LogP contribution in [0.15, 0.2) is 41.4 Å². The van der Waals surface area contributed by atoms with E-state index < -0.39 is 120 Å². The molecule has 2 bridgehead atoms. The minimum Gasteiger partial charge on any atom is -0.461 e. The monoisotopic (exact) mass is 1040 g/mol. The number of rotatable bonds is 22. The molecule has 23 heteroatoms. The molecule has 2 aliphatic rings. The molecule has 0 saturated carbocycles. The molecule has 1 fully saturated rings. The van der Waals surface area contributed by atoms with E-state index in [4.69, 9.17) is 29.0 Å². The van der Waals surface area contributed by atoms with E-state index in [-0.39, 0.29) is 25.1 Å². The zero-order valence-electron chi connectivity index (χ0n) is 41.1. The fourth-order valence-electron chi connectivity index (χ4n) is 8.28. The van der Waals surface area contributed by atoms with Crippen molar-refractivity contribution in [1.82, 2.24) is 9.55 Å². The lowest BCUT2D eigenvalue weighted by atomic mass is 9.82. The van der Waals surface area contributed by atoms with Crippen LogP contribution in [0.4, 0.5) is 5.82 Å². The third kappa shape index (κ3) is 23.8. The standard InChI is InChI=1S/C47H81N3O18P2/c1-4-5-15-21-34(51)25-26-36-38(52)29-39(53)37-22-18-19-23-42(54)63-30-35(66-43(55)24-17-14-12-10-8-6-7-9-11-13-16-20-33(2)3)31-64-69(59,60)68-70(61,62)65-32-40(45(57)44(36)56)67-46(37)50-28-27-41(48)49-47(50)58/h18-19,25-28,33-40,44-46,51-53,56-57H,4-17,20-24,29-32H2,1-3H3,(H,59,60)(H,61,62)(H2,48,49,58)/b19-18-,26-25?/t34-,35-,36+,37-,38-,39+,40-,44+,45-,46-/m1/s1. The van der Waals surface area contributed by atoms with Gasteiger partial charge in [-0.2, -0.15) is 9.29 Å². The van der Waals surface area contributed by atoms with Gasteiger partial charge in [-0.1, -0.05) is 135 Å². The average molecular weight is 1040 g/mol. The molecule has 3 rings (SSSR count). The second-order valence-corrected chi connectivity index (χ2v) is 21.8. The van der Waals surface area contributed by atoms with Crippen LogP contribution >= 0.6 is 15.6 Å². The number of aliphatic hydroxyl groups is 5. The lowest BCUT2D eigenvalue weighted by molar-refractivity contribution is -0.194. The van der Waals surface area contributed by atoms with E-state index in [9.17, 15) is 58.8 Å². The van der Waals surface area contributed by atoms with E-state index in [0.717, 1.165) is 61.6 Å². The second-order valence-electron chi connectivity index (χ2n) is 18.8. The summed E-state index contributed by atoms with van der Waals surface area (Å²) in [5, 5.41) is 57.3. The highest BCUT2D eigenvalue weighted by atomic mass is 31.3. The largest absolute Gasteiger partial charge is 0.481 e. The Morgan fingerprint density at radius 1 is 0.857 bits per heavy atom. The van der Waals surface area contributed by atoms with Crippen molar-refractivity contribution in [3.05, 3.63) is 47.1 Å². The van der Waals surface area contributed by atoms with Crippen LogP contribution < -0.4 is 11.4 Å². The molecule has 0 aliphatic carbocycles. The maximum absolute atomic E-state index is 13.3. The number of aromatic nitrogens is 2. The van der Waals surface area contributed by atoms with Gasteiger partial charge in [-0.25, -0.2) is 13.9 Å². The quantitative estimate of drug-likeness (QED) is 0.0283. The molecule has 2 aliphatic heterocycles. The van der Waals surface area contributed by atoms with E-state index in [1.165, 1.54) is 68.9 Å². The Morgan fingerprint density at radius 2 is 1.47 bits per heavy atom. The summed E-state index contributed by atoms with van der Waals surface area (Å²) in [5.74, 6) is -3.68. The Bertz CT molecular complexity index is 1900. The fourth-order valence-corrected chi connectivity index (χ4v) is 10.4. The summed E-state index contributed by atoms with van der Waals surface area (Å²) in [6.45, 7) is 3.68. The topological polar surface area (TPSA) is 326 Å². The molecule has 70 heavy (non-hydrogen) atoms. The van der Waals surface area contributed by atoms with Gasteiger partial charge in [-0.3, -0.25) is 23.2 Å². The molecular formula is C47H81N3O18P2. The SMILES string of the molecule is CCCCC[C@@H](O)C=C[C@@H]1[C@H](O)[C@H](O)[C@H]2COP(=O)(O)OP(=O)(O)OC[C@H](OC(=O)CCCCCCCCCCCCCC(C)C)COC(=O)C/C=C\C[C@@H]([C@H](n3ccc(N)nc3=O)O2)[C@@H](O)C[C@H]1O. The van der Waals surface area contributed by atoms with Gasteiger partial charge in [0.1, 0.15) is 30.9 Å². The van der Waals surface area contributed by atoms with Gasteiger partial charge in [0.15, 0.2) is 6.10 Å². The van der Waals surface area contributed by atoms with Crippen molar-refractivity contribution in [2.45, 2.75) is 198 Å². The lowest BCUT2D eigenvalue weighted by Gasteiger charge is -2.40. The normalized spacial score (nSPS) is 31.1. The number of ether oxygens (including phenoxy) is 3. The van der Waals surface area contributed by atoms with E-state index in [0.29, 0.717) is 19.3 Å². The van der Waals surface area contributed by atoms with E-state index in [1.807, 2.05) is 6.92 Å². The predicted molar refractivity (Wildman–Crippen MR) is 258 cm³/mol. The summed E-state index contributed by atoms with van der Waals surface area (Å²) in [6, 6.07) is 1.22. The number of nitrogens with zero attached hydrogens (tertiary/aromatic N) is 2. The van der Waals surface area contributed by atoms with Crippen LogP contribution in [0.3, 0.4) is 0 Å². The number of carbonyl (C=O) groups excluding carboxylic acids is 2. The van der Waals surface area contributed by atoms with Crippen molar-refractivity contribution in [2.24, 2.45) is 17.8 Å². The third-order valence-corrected chi connectivity index (χ3v) is 14.9. The molecule has 402 valence electrons. The molecule has 2 unspecified atom stereocenters. The molecule has 1 saturated heterocycles. The first-order valence-corrected chi connectivity index (χ1v) is 28.0. The fraction of sp³-hybridized carbons (Fsp3) is 0.787. The van der Waals surface area contributed by atoms with Crippen molar-refractivity contribution in [2.75, 3.05) is 25.6 Å². The molecule has 1 aromatic rings. The summed E-state index contributed by atoms with van der Waals surface area (Å²) in [7, 11) is -11.3. The summed E-state index contributed by atoms with van der Waals surface area (Å²) in [5.41, 5.74) is 4.73. The molecule has 0 radical (unpaired) electrons. The smallest absolute Gasteiger partial charge is 0.461 e. The Morgan fingerprint density at radius 3 is 2.10 bits per heavy atom. The number of hydrogen-bond donors (Lipinski definition) is 8. The first kappa shape index (κ1) is 61.4. The Balaban J connectivity index is 1.83. The molecule has 0 aromatic carbocycles. The van der Waals surface area contributed by atoms with Gasteiger partial charge in [0.2, 0.25) is 0 Å². The first-order chi connectivity index (χ1) is 33.2. The summed E-state index contributed by atoms with van der Waals surface area (Å²) >= 11 is 0. The number of nitrogens with two attached hydrogens (primary N) is 1. The van der Waals surface area contributed by atoms with Crippen LogP contribution in [0.2, 0.25) is 0 Å². The van der Waals surface area contributed by atoms with Gasteiger partial charge in [0, 0.05) is 30.9 Å². The highest BCUT2D eigenvalue weighted by Crippen LogP contribution is 2.60. The summed E-state index contributed by atoms with van der Waals surface area (Å²) in [6.07, 6.45) is 7.70. The van der Waals surface area contributed by atoms with Crippen LogP contribution in [-0.2, 0) is 46.3 Å². The average Bonchev–Trinajstić information content (AvgIpc) is 3.28. The number of esters is 2. The van der Waals surface area contributed by atoms with Crippen LogP contribution in [0, 0.1) is 17.8 Å². The van der Waals surface area contributed by atoms with E-state index >= 15 is 0 Å². The van der Waals surface area contributed by atoms with Crippen molar-refractivity contribution in [3.63, 3.8) is 0 Å². The molecule has 9 N–H and O–H groups in total. The van der Waals surface area contributed by atoms with Crippen molar-refractivity contribution < 1.29 is 81.6 Å². The maximum atomic E-state index is 13.3. The number of cyclic esters (lactones) is 1. The van der Waals surface area contributed by atoms with E-state index in [1.54, 1.807) is 0 Å². The number of fused-ring (bicyclic) bond motifs is 3. The highest BCUT2D eigenvalue weighted by molar-refractivity contribution is 7.61. The first-order valence-electron chi connectivity index (χ1n) is 25.0. The number of allylic oxidation sites excluding steroid dienone is 1. The third-order valence-electron chi connectivity index (χ3n) is 12.3. The molecule has 3 heterocycles. The lowest BCUT2D eigenvalue weighted by Crippen LogP contribution is -2.52. The number of phosphoric ester groups is 2. The molecule has 0 spiro atoms. The van der Waals surface area contributed by atoms with Gasteiger partial charge in [-0.15, -0.1) is 0 Å². The predicted octanol–water partition coefficient (Wildman–Crippen LogP) is 6.07. The van der Waals surface area contributed by atoms with Gasteiger partial charge in [0.25, 0.3) is 0 Å². The molecule has 0 amide bonds. The Labute approximate surface area is 412 Å². The number of carbonyl (C=O) groups is 2. The van der Waals surface area contributed by atoms with Crippen molar-refractivity contribution in [1.29, 1.82) is 0 Å². The molecular weight excluding hydrogens is 956 g/mol. The minimum atomic E-state index is -5.69. The van der Waals surface area contributed by atoms with Gasteiger partial charge < -0.3 is 55.3 Å². The van der Waals surface area contributed by atoms with Crippen LogP contribution in [0.25, 0.3) is 0 Å². The molecule has 1 aromatic heterocycles. The van der Waals surface area contributed by atoms with Crippen LogP contribution in [0.1, 0.15) is 155 Å². The van der Waals surface area contributed by atoms with Gasteiger partial charge in [0.05, 0.1) is 44.1 Å². The second kappa shape index (κ2) is 32.3. The van der Waals surface area contributed by atoms with Gasteiger partial charge >= 0.3 is 33.3 Å². The Kier molecular flexibility index (Phi) is 28.4. The van der Waals surface area contributed by atoms with Crippen LogP contribution in [0.5, 0.6) is 0 Å². The van der Waals surface area contributed by atoms with Gasteiger partial charge in [-0.05, 0) is 31.2 Å².